The molecule has 0 fully saturated rings. The molecule has 90 valence electrons. The van der Waals surface area contributed by atoms with Crippen LogP contribution < -0.4 is 5.73 Å². The van der Waals surface area contributed by atoms with Crippen molar-refractivity contribution in [2.75, 3.05) is 0 Å². The molecule has 0 amide bonds. The van der Waals surface area contributed by atoms with Crippen LogP contribution in [0.2, 0.25) is 0 Å². The number of rotatable bonds is 3. The monoisotopic (exact) mass is 236 g/mol. The first-order valence-electron chi connectivity index (χ1n) is 6.20. The molecule has 0 saturated heterocycles. The van der Waals surface area contributed by atoms with Crippen LogP contribution in [0.3, 0.4) is 0 Å². The Kier molecular flexibility index (Phi) is 2.87. The van der Waals surface area contributed by atoms with Crippen molar-refractivity contribution in [3.05, 3.63) is 71.9 Å². The van der Waals surface area contributed by atoms with Gasteiger partial charge in [-0.1, -0.05) is 48.5 Å². The Morgan fingerprint density at radius 2 is 1.67 bits per heavy atom. The van der Waals surface area contributed by atoms with Gasteiger partial charge in [-0.25, -0.2) is 0 Å². The first-order chi connectivity index (χ1) is 8.83. The van der Waals surface area contributed by atoms with Gasteiger partial charge in [0.05, 0.1) is 0 Å². The molecule has 0 bridgehead atoms. The van der Waals surface area contributed by atoms with Gasteiger partial charge in [-0.2, -0.15) is 0 Å². The molecule has 1 aromatic heterocycles. The topological polar surface area (TPSA) is 41.8 Å². The van der Waals surface area contributed by atoms with Gasteiger partial charge in [-0.3, -0.25) is 0 Å². The summed E-state index contributed by atoms with van der Waals surface area (Å²) in [4.78, 5) is 3.39. The van der Waals surface area contributed by atoms with E-state index in [9.17, 15) is 0 Å². The molecule has 0 aliphatic rings. The van der Waals surface area contributed by atoms with Crippen molar-refractivity contribution >= 4 is 10.9 Å². The first-order valence-corrected chi connectivity index (χ1v) is 6.20. The van der Waals surface area contributed by atoms with Gasteiger partial charge in [-0.05, 0) is 29.5 Å². The predicted octanol–water partition coefficient (Wildman–Crippen LogP) is 3.41. The maximum Gasteiger partial charge on any atom is 0.0489 e. The molecule has 2 nitrogen and oxygen atoms in total. The fraction of sp³-hybridized carbons (Fsp3) is 0.125. The minimum Gasteiger partial charge on any atom is -0.357 e. The molecule has 1 atom stereocenters. The molecule has 2 aromatic carbocycles. The van der Waals surface area contributed by atoms with Crippen molar-refractivity contribution in [1.82, 2.24) is 4.98 Å². The van der Waals surface area contributed by atoms with E-state index in [0.717, 1.165) is 17.6 Å². The second kappa shape index (κ2) is 4.67. The molecule has 3 rings (SSSR count). The van der Waals surface area contributed by atoms with E-state index in [4.69, 9.17) is 5.73 Å². The predicted molar refractivity (Wildman–Crippen MR) is 75.4 cm³/mol. The lowest BCUT2D eigenvalue weighted by Gasteiger charge is -2.09. The van der Waals surface area contributed by atoms with Crippen LogP contribution in [0.25, 0.3) is 10.9 Å². The molecule has 0 saturated carbocycles. The summed E-state index contributed by atoms with van der Waals surface area (Å²) in [6.07, 6.45) is 0.855. The van der Waals surface area contributed by atoms with Crippen molar-refractivity contribution < 1.29 is 0 Å². The summed E-state index contributed by atoms with van der Waals surface area (Å²) in [5.41, 5.74) is 9.77. The molecule has 2 heteroatoms. The largest absolute Gasteiger partial charge is 0.357 e. The van der Waals surface area contributed by atoms with E-state index in [0.29, 0.717) is 0 Å². The number of fused-ring (bicyclic) bond motifs is 1. The Morgan fingerprint density at radius 1 is 0.944 bits per heavy atom. The van der Waals surface area contributed by atoms with Crippen LogP contribution in [0, 0.1) is 0 Å². The van der Waals surface area contributed by atoms with Crippen molar-refractivity contribution in [2.24, 2.45) is 5.73 Å². The van der Waals surface area contributed by atoms with Gasteiger partial charge in [0.2, 0.25) is 0 Å². The standard InChI is InChI=1S/C16H16N2/c17-14(10-12-6-2-1-3-7-12)16-11-13-8-4-5-9-15(13)18-16/h1-9,11,14,18H,10,17H2/t14-/m0/s1. The third-order valence-corrected chi connectivity index (χ3v) is 3.25. The highest BCUT2D eigenvalue weighted by Gasteiger charge is 2.09. The number of nitrogens with one attached hydrogen (secondary N) is 1. The van der Waals surface area contributed by atoms with E-state index in [1.165, 1.54) is 10.9 Å². The van der Waals surface area contributed by atoms with Gasteiger partial charge < -0.3 is 10.7 Å². The number of aromatic amines is 1. The molecule has 0 aliphatic carbocycles. The maximum atomic E-state index is 6.26. The van der Waals surface area contributed by atoms with Crippen molar-refractivity contribution in [2.45, 2.75) is 12.5 Å². The zero-order valence-corrected chi connectivity index (χ0v) is 10.1. The Bertz CT molecular complexity index is 607. The summed E-state index contributed by atoms with van der Waals surface area (Å²) in [5, 5.41) is 1.22. The van der Waals surface area contributed by atoms with Crippen LogP contribution in [-0.2, 0) is 6.42 Å². The highest BCUT2D eigenvalue weighted by molar-refractivity contribution is 5.80. The van der Waals surface area contributed by atoms with Gasteiger partial charge in [0.25, 0.3) is 0 Å². The molecule has 3 N–H and O–H groups in total. The number of para-hydroxylation sites is 1. The summed E-state index contributed by atoms with van der Waals surface area (Å²) in [7, 11) is 0. The van der Waals surface area contributed by atoms with Crippen LogP contribution in [0.1, 0.15) is 17.3 Å². The van der Waals surface area contributed by atoms with E-state index in [1.54, 1.807) is 0 Å². The average molecular weight is 236 g/mol. The number of hydrogen-bond acceptors (Lipinski definition) is 1. The van der Waals surface area contributed by atoms with E-state index in [2.05, 4.69) is 35.3 Å². The van der Waals surface area contributed by atoms with Gasteiger partial charge in [0.1, 0.15) is 0 Å². The number of hydrogen-bond donors (Lipinski definition) is 2. The van der Waals surface area contributed by atoms with Gasteiger partial charge >= 0.3 is 0 Å². The van der Waals surface area contributed by atoms with Crippen molar-refractivity contribution in [3.63, 3.8) is 0 Å². The second-order valence-electron chi connectivity index (χ2n) is 4.61. The van der Waals surface area contributed by atoms with Gasteiger partial charge in [0, 0.05) is 17.3 Å². The lowest BCUT2D eigenvalue weighted by atomic mass is 10.0. The highest BCUT2D eigenvalue weighted by atomic mass is 14.8. The van der Waals surface area contributed by atoms with E-state index in [1.807, 2.05) is 30.3 Å². The Morgan fingerprint density at radius 3 is 2.44 bits per heavy atom. The molecule has 1 heterocycles. The molecule has 0 spiro atoms. The van der Waals surface area contributed by atoms with Crippen molar-refractivity contribution in [1.29, 1.82) is 0 Å². The third kappa shape index (κ3) is 2.15. The van der Waals surface area contributed by atoms with Crippen LogP contribution in [0.15, 0.2) is 60.7 Å². The number of nitrogens with two attached hydrogens (primary N) is 1. The molecular weight excluding hydrogens is 220 g/mol. The highest BCUT2D eigenvalue weighted by Crippen LogP contribution is 2.21. The van der Waals surface area contributed by atoms with Gasteiger partial charge in [-0.15, -0.1) is 0 Å². The zero-order chi connectivity index (χ0) is 12.4. The summed E-state index contributed by atoms with van der Waals surface area (Å²) < 4.78 is 0. The lowest BCUT2D eigenvalue weighted by Crippen LogP contribution is -2.13. The maximum absolute atomic E-state index is 6.26. The fourth-order valence-corrected chi connectivity index (χ4v) is 2.27. The van der Waals surface area contributed by atoms with Crippen molar-refractivity contribution in [3.8, 4) is 0 Å². The Hall–Kier alpha value is -2.06. The van der Waals surface area contributed by atoms with Crippen LogP contribution in [-0.4, -0.2) is 4.98 Å². The zero-order valence-electron chi connectivity index (χ0n) is 10.1. The number of H-pyrrole nitrogens is 1. The fourth-order valence-electron chi connectivity index (χ4n) is 2.27. The molecule has 18 heavy (non-hydrogen) atoms. The second-order valence-corrected chi connectivity index (χ2v) is 4.61. The van der Waals surface area contributed by atoms with Gasteiger partial charge in [0.15, 0.2) is 0 Å². The molecule has 0 aliphatic heterocycles. The number of benzene rings is 2. The summed E-state index contributed by atoms with van der Waals surface area (Å²) in [5.74, 6) is 0. The smallest absolute Gasteiger partial charge is 0.0489 e. The number of aromatic nitrogens is 1. The minimum absolute atomic E-state index is 0.0137. The SMILES string of the molecule is N[C@@H](Cc1ccccc1)c1cc2ccccc2[nH]1. The average Bonchev–Trinajstić information content (AvgIpc) is 2.84. The van der Waals surface area contributed by atoms with Crippen LogP contribution in [0.4, 0.5) is 0 Å². The minimum atomic E-state index is 0.0137. The quantitative estimate of drug-likeness (QED) is 0.719. The molecule has 3 aromatic rings. The van der Waals surface area contributed by atoms with E-state index >= 15 is 0 Å². The first kappa shape index (κ1) is 11.1. The third-order valence-electron chi connectivity index (χ3n) is 3.25. The summed E-state index contributed by atoms with van der Waals surface area (Å²) >= 11 is 0. The van der Waals surface area contributed by atoms with E-state index in [-0.39, 0.29) is 6.04 Å². The van der Waals surface area contributed by atoms with Crippen LogP contribution in [0.5, 0.6) is 0 Å². The summed E-state index contributed by atoms with van der Waals surface area (Å²) in [6.45, 7) is 0. The Labute approximate surface area is 106 Å². The molecular formula is C16H16N2. The lowest BCUT2D eigenvalue weighted by molar-refractivity contribution is 0.704. The van der Waals surface area contributed by atoms with E-state index < -0.39 is 0 Å². The van der Waals surface area contributed by atoms with Crippen LogP contribution >= 0.6 is 0 Å². The molecule has 0 unspecified atom stereocenters. The summed E-state index contributed by atoms with van der Waals surface area (Å²) in [6, 6.07) is 20.8. The molecule has 0 radical (unpaired) electrons. The Balaban J connectivity index is 1.86. The normalized spacial score (nSPS) is 12.7.